The fourth-order valence-electron chi connectivity index (χ4n) is 2.66. The Hall–Kier alpha value is -1.17. The molecule has 0 saturated carbocycles. The third-order valence-corrected chi connectivity index (χ3v) is 3.90. The van der Waals surface area contributed by atoms with Crippen LogP contribution in [0.2, 0.25) is 0 Å². The van der Waals surface area contributed by atoms with Crippen LogP contribution in [0.4, 0.5) is 10.1 Å². The first-order valence-corrected chi connectivity index (χ1v) is 7.58. The van der Waals surface area contributed by atoms with Gasteiger partial charge in [-0.1, -0.05) is 6.07 Å². The predicted molar refractivity (Wildman–Crippen MR) is 90.0 cm³/mol. The maximum Gasteiger partial charge on any atom is 0.238 e. The Kier molecular flexibility index (Phi) is 8.38. The number of anilines is 1. The number of halogens is 2. The van der Waals surface area contributed by atoms with Crippen LogP contribution in [0.5, 0.6) is 0 Å². The zero-order valence-electron chi connectivity index (χ0n) is 13.0. The Bertz CT molecular complexity index is 466. The van der Waals surface area contributed by atoms with E-state index in [1.54, 1.807) is 12.1 Å². The second-order valence-electron chi connectivity index (χ2n) is 5.78. The summed E-state index contributed by atoms with van der Waals surface area (Å²) in [7, 11) is 1.95. The largest absolute Gasteiger partial charge is 0.325 e. The number of hydrogen-bond acceptors (Lipinski definition) is 3. The van der Waals surface area contributed by atoms with Crippen molar-refractivity contribution in [3.05, 3.63) is 30.1 Å². The van der Waals surface area contributed by atoms with E-state index in [1.165, 1.54) is 25.0 Å². The molecule has 2 rings (SSSR count). The summed E-state index contributed by atoms with van der Waals surface area (Å²) < 4.78 is 13.0. The molecule has 0 unspecified atom stereocenters. The highest BCUT2D eigenvalue weighted by atomic mass is 35.5. The van der Waals surface area contributed by atoms with E-state index < -0.39 is 0 Å². The highest BCUT2D eigenvalue weighted by Crippen LogP contribution is 2.16. The van der Waals surface area contributed by atoms with Crippen molar-refractivity contribution in [1.29, 1.82) is 0 Å². The SMILES string of the molecule is CN(CCC1CCNCC1)CC(=O)Nc1cccc(F)c1.Cl. The maximum absolute atomic E-state index is 13.0. The number of nitrogens with one attached hydrogen (secondary N) is 2. The molecule has 0 aromatic heterocycles. The summed E-state index contributed by atoms with van der Waals surface area (Å²) in [6.45, 7) is 3.46. The molecule has 22 heavy (non-hydrogen) atoms. The van der Waals surface area contributed by atoms with Gasteiger partial charge >= 0.3 is 0 Å². The van der Waals surface area contributed by atoms with Crippen molar-refractivity contribution >= 4 is 24.0 Å². The number of benzene rings is 1. The molecule has 1 aliphatic rings. The molecule has 2 N–H and O–H groups in total. The molecule has 124 valence electrons. The average molecular weight is 330 g/mol. The van der Waals surface area contributed by atoms with Gasteiger partial charge in [0.05, 0.1) is 6.54 Å². The number of amides is 1. The minimum atomic E-state index is -0.341. The van der Waals surface area contributed by atoms with Crippen molar-refractivity contribution in [2.24, 2.45) is 5.92 Å². The van der Waals surface area contributed by atoms with Crippen LogP contribution in [-0.2, 0) is 4.79 Å². The highest BCUT2D eigenvalue weighted by Gasteiger charge is 2.14. The van der Waals surface area contributed by atoms with E-state index in [0.717, 1.165) is 32.0 Å². The maximum atomic E-state index is 13.0. The van der Waals surface area contributed by atoms with E-state index in [1.807, 2.05) is 11.9 Å². The van der Waals surface area contributed by atoms with Gasteiger partial charge in [0.15, 0.2) is 0 Å². The lowest BCUT2D eigenvalue weighted by Crippen LogP contribution is -2.33. The number of carbonyl (C=O) groups excluding carboxylic acids is 1. The molecule has 1 aromatic rings. The van der Waals surface area contributed by atoms with Crippen molar-refractivity contribution < 1.29 is 9.18 Å². The Morgan fingerprint density at radius 3 is 2.82 bits per heavy atom. The van der Waals surface area contributed by atoms with Crippen molar-refractivity contribution in [3.8, 4) is 0 Å². The van der Waals surface area contributed by atoms with Gasteiger partial charge in [0.2, 0.25) is 5.91 Å². The molecule has 0 aliphatic carbocycles. The highest BCUT2D eigenvalue weighted by molar-refractivity contribution is 5.92. The summed E-state index contributed by atoms with van der Waals surface area (Å²) in [6.07, 6.45) is 3.58. The number of piperidine rings is 1. The number of nitrogens with zero attached hydrogens (tertiary/aromatic N) is 1. The van der Waals surface area contributed by atoms with Gasteiger partial charge in [-0.2, -0.15) is 0 Å². The summed E-state index contributed by atoms with van der Waals surface area (Å²) in [4.78, 5) is 13.9. The van der Waals surface area contributed by atoms with Gasteiger partial charge < -0.3 is 10.6 Å². The second-order valence-corrected chi connectivity index (χ2v) is 5.78. The number of rotatable bonds is 6. The summed E-state index contributed by atoms with van der Waals surface area (Å²) in [5.41, 5.74) is 0.506. The van der Waals surface area contributed by atoms with Gasteiger partial charge in [-0.15, -0.1) is 12.4 Å². The molecule has 0 spiro atoms. The first-order chi connectivity index (χ1) is 10.1. The van der Waals surface area contributed by atoms with Gasteiger partial charge in [-0.05, 0) is 70.1 Å². The Morgan fingerprint density at radius 2 is 2.14 bits per heavy atom. The fourth-order valence-corrected chi connectivity index (χ4v) is 2.66. The molecule has 1 fully saturated rings. The van der Waals surface area contributed by atoms with Gasteiger partial charge in [-0.3, -0.25) is 9.69 Å². The Balaban J connectivity index is 0.00000242. The van der Waals surface area contributed by atoms with E-state index in [9.17, 15) is 9.18 Å². The van der Waals surface area contributed by atoms with Crippen molar-refractivity contribution in [1.82, 2.24) is 10.2 Å². The molecule has 4 nitrogen and oxygen atoms in total. The molecule has 0 radical (unpaired) electrons. The van der Waals surface area contributed by atoms with Gasteiger partial charge in [0.25, 0.3) is 0 Å². The summed E-state index contributed by atoms with van der Waals surface area (Å²) >= 11 is 0. The first kappa shape index (κ1) is 18.9. The lowest BCUT2D eigenvalue weighted by atomic mass is 9.94. The van der Waals surface area contributed by atoms with Crippen molar-refractivity contribution in [2.75, 3.05) is 38.5 Å². The van der Waals surface area contributed by atoms with Gasteiger partial charge in [-0.25, -0.2) is 4.39 Å². The van der Waals surface area contributed by atoms with Crippen LogP contribution in [0, 0.1) is 11.7 Å². The summed E-state index contributed by atoms with van der Waals surface area (Å²) in [5.74, 6) is 0.320. The molecule has 1 aliphatic heterocycles. The minimum absolute atomic E-state index is 0. The van der Waals surface area contributed by atoms with Crippen LogP contribution in [0.15, 0.2) is 24.3 Å². The zero-order chi connectivity index (χ0) is 15.1. The minimum Gasteiger partial charge on any atom is -0.325 e. The predicted octanol–water partition coefficient (Wildman–Crippen LogP) is 2.51. The molecule has 1 aromatic carbocycles. The van der Waals surface area contributed by atoms with Crippen LogP contribution in [-0.4, -0.2) is 44.0 Å². The van der Waals surface area contributed by atoms with Gasteiger partial charge in [0.1, 0.15) is 5.82 Å². The topological polar surface area (TPSA) is 44.4 Å². The second kappa shape index (κ2) is 9.77. The fraction of sp³-hybridized carbons (Fsp3) is 0.562. The lowest BCUT2D eigenvalue weighted by Gasteiger charge is -2.25. The van der Waals surface area contributed by atoms with E-state index in [0.29, 0.717) is 12.2 Å². The average Bonchev–Trinajstić information content (AvgIpc) is 2.46. The third kappa shape index (κ3) is 6.73. The number of hydrogen-bond donors (Lipinski definition) is 2. The van der Waals surface area contributed by atoms with Crippen LogP contribution >= 0.6 is 12.4 Å². The smallest absolute Gasteiger partial charge is 0.238 e. The molecule has 1 amide bonds. The number of likely N-dealkylation sites (N-methyl/N-ethyl adjacent to an activating group) is 1. The van der Waals surface area contributed by atoms with Crippen LogP contribution < -0.4 is 10.6 Å². The van der Waals surface area contributed by atoms with Gasteiger partial charge in [0, 0.05) is 5.69 Å². The van der Waals surface area contributed by atoms with E-state index >= 15 is 0 Å². The zero-order valence-corrected chi connectivity index (χ0v) is 13.8. The third-order valence-electron chi connectivity index (χ3n) is 3.90. The summed E-state index contributed by atoms with van der Waals surface area (Å²) in [6, 6.07) is 5.97. The Morgan fingerprint density at radius 1 is 1.41 bits per heavy atom. The molecular formula is C16H25ClFN3O. The molecule has 0 atom stereocenters. The molecule has 1 heterocycles. The van der Waals surface area contributed by atoms with Crippen LogP contribution in [0.1, 0.15) is 19.3 Å². The van der Waals surface area contributed by atoms with Crippen LogP contribution in [0.3, 0.4) is 0 Å². The Labute approximate surface area is 137 Å². The standard InChI is InChI=1S/C16H24FN3O.ClH/c1-20(10-7-13-5-8-18-9-6-13)12-16(21)19-15-4-2-3-14(17)11-15;/h2-4,11,13,18H,5-10,12H2,1H3,(H,19,21);1H. The van der Waals surface area contributed by atoms with E-state index in [4.69, 9.17) is 0 Å². The molecular weight excluding hydrogens is 305 g/mol. The molecule has 0 bridgehead atoms. The van der Waals surface area contributed by atoms with E-state index in [2.05, 4.69) is 10.6 Å². The normalized spacial score (nSPS) is 15.4. The monoisotopic (exact) mass is 329 g/mol. The van der Waals surface area contributed by atoms with E-state index in [-0.39, 0.29) is 24.1 Å². The molecule has 6 heteroatoms. The quantitative estimate of drug-likeness (QED) is 0.843. The number of carbonyl (C=O) groups is 1. The molecule has 1 saturated heterocycles. The first-order valence-electron chi connectivity index (χ1n) is 7.58. The van der Waals surface area contributed by atoms with Crippen LogP contribution in [0.25, 0.3) is 0 Å². The van der Waals surface area contributed by atoms with Crippen molar-refractivity contribution in [2.45, 2.75) is 19.3 Å². The summed E-state index contributed by atoms with van der Waals surface area (Å²) in [5, 5.41) is 6.08. The lowest BCUT2D eigenvalue weighted by molar-refractivity contribution is -0.117. The van der Waals surface area contributed by atoms with Crippen molar-refractivity contribution in [3.63, 3.8) is 0 Å².